The first-order valence-corrected chi connectivity index (χ1v) is 7.24. The van der Waals surface area contributed by atoms with Crippen LogP contribution in [-0.2, 0) is 6.42 Å². The smallest absolute Gasteiger partial charge is 0.142 e. The second-order valence-corrected chi connectivity index (χ2v) is 5.72. The van der Waals surface area contributed by atoms with E-state index in [0.29, 0.717) is 6.42 Å². The molecule has 1 atom stereocenters. The molecule has 0 aliphatic carbocycles. The van der Waals surface area contributed by atoms with Crippen LogP contribution in [0.2, 0.25) is 5.02 Å². The lowest BCUT2D eigenvalue weighted by atomic mass is 9.99. The van der Waals surface area contributed by atoms with Gasteiger partial charge in [-0.3, -0.25) is 0 Å². The van der Waals surface area contributed by atoms with Crippen molar-refractivity contribution in [3.63, 3.8) is 0 Å². The molecule has 0 bridgehead atoms. The van der Waals surface area contributed by atoms with E-state index in [0.717, 1.165) is 15.6 Å². The molecule has 0 aromatic heterocycles. The van der Waals surface area contributed by atoms with Gasteiger partial charge in [0, 0.05) is 10.5 Å². The van der Waals surface area contributed by atoms with Gasteiger partial charge in [0.05, 0.1) is 5.02 Å². The molecule has 2 aromatic carbocycles. The van der Waals surface area contributed by atoms with E-state index in [9.17, 15) is 8.78 Å². The molecule has 1 unspecified atom stereocenters. The zero-order chi connectivity index (χ0) is 14.7. The normalized spacial score (nSPS) is 12.4. The van der Waals surface area contributed by atoms with Crippen molar-refractivity contribution in [3.8, 4) is 0 Å². The van der Waals surface area contributed by atoms with E-state index in [1.165, 1.54) is 24.3 Å². The van der Waals surface area contributed by atoms with Crippen molar-refractivity contribution in [2.45, 2.75) is 12.5 Å². The van der Waals surface area contributed by atoms with Crippen molar-refractivity contribution in [1.82, 2.24) is 5.32 Å². The Morgan fingerprint density at radius 2 is 1.95 bits per heavy atom. The summed E-state index contributed by atoms with van der Waals surface area (Å²) < 4.78 is 27.6. The number of benzene rings is 2. The molecule has 0 amide bonds. The molecule has 1 nitrogen and oxygen atoms in total. The first-order valence-electron chi connectivity index (χ1n) is 6.07. The third-order valence-electron chi connectivity index (χ3n) is 3.11. The van der Waals surface area contributed by atoms with Gasteiger partial charge < -0.3 is 5.32 Å². The van der Waals surface area contributed by atoms with Crippen molar-refractivity contribution in [3.05, 3.63) is 68.7 Å². The van der Waals surface area contributed by atoms with Gasteiger partial charge in [-0.2, -0.15) is 0 Å². The van der Waals surface area contributed by atoms with Crippen LogP contribution in [0.3, 0.4) is 0 Å². The summed E-state index contributed by atoms with van der Waals surface area (Å²) in [5, 5.41) is 3.22. The zero-order valence-corrected chi connectivity index (χ0v) is 13.1. The standard InChI is InChI=1S/C15H13BrClF2N/c1-20-15(11-8-10(18)3-4-12(11)16)7-9-2-5-13(17)14(19)6-9/h2-6,8,15,20H,7H2,1H3. The molecule has 2 aromatic rings. The first-order chi connectivity index (χ1) is 9.51. The average Bonchev–Trinajstić information content (AvgIpc) is 2.43. The van der Waals surface area contributed by atoms with E-state index in [4.69, 9.17) is 11.6 Å². The summed E-state index contributed by atoms with van der Waals surface area (Å²) in [7, 11) is 1.79. The van der Waals surface area contributed by atoms with Crippen molar-refractivity contribution in [2.75, 3.05) is 7.05 Å². The number of nitrogens with one attached hydrogen (secondary N) is 1. The summed E-state index contributed by atoms with van der Waals surface area (Å²) in [6, 6.07) is 9.10. The van der Waals surface area contributed by atoms with Crippen molar-refractivity contribution < 1.29 is 8.78 Å². The van der Waals surface area contributed by atoms with Crippen LogP contribution in [0.25, 0.3) is 0 Å². The molecule has 0 saturated heterocycles. The van der Waals surface area contributed by atoms with E-state index in [1.807, 2.05) is 0 Å². The van der Waals surface area contributed by atoms with Gasteiger partial charge in [-0.25, -0.2) is 8.78 Å². The molecule has 5 heteroatoms. The van der Waals surface area contributed by atoms with Gasteiger partial charge in [0.25, 0.3) is 0 Å². The van der Waals surface area contributed by atoms with E-state index in [2.05, 4.69) is 21.2 Å². The number of halogens is 4. The summed E-state index contributed by atoms with van der Waals surface area (Å²) in [4.78, 5) is 0. The summed E-state index contributed by atoms with van der Waals surface area (Å²) in [5.74, 6) is -0.747. The largest absolute Gasteiger partial charge is 0.313 e. The van der Waals surface area contributed by atoms with Gasteiger partial charge in [0.2, 0.25) is 0 Å². The Hall–Kier alpha value is -0.970. The topological polar surface area (TPSA) is 12.0 Å². The Labute approximate surface area is 130 Å². The zero-order valence-electron chi connectivity index (χ0n) is 10.8. The van der Waals surface area contributed by atoms with Gasteiger partial charge in [-0.1, -0.05) is 33.6 Å². The Bertz CT molecular complexity index is 619. The highest BCUT2D eigenvalue weighted by Gasteiger charge is 2.15. The van der Waals surface area contributed by atoms with E-state index in [1.54, 1.807) is 19.2 Å². The molecule has 0 fully saturated rings. The average molecular weight is 361 g/mol. The second-order valence-electron chi connectivity index (χ2n) is 4.46. The SMILES string of the molecule is CNC(Cc1ccc(Cl)c(F)c1)c1cc(F)ccc1Br. The minimum atomic E-state index is -0.447. The highest BCUT2D eigenvalue weighted by atomic mass is 79.9. The summed E-state index contributed by atoms with van der Waals surface area (Å²) in [6.45, 7) is 0. The minimum absolute atomic E-state index is 0.0988. The van der Waals surface area contributed by atoms with Crippen LogP contribution in [-0.4, -0.2) is 7.05 Å². The summed E-state index contributed by atoms with van der Waals surface area (Å²) in [6.07, 6.45) is 0.534. The number of likely N-dealkylation sites (N-methyl/N-ethyl adjacent to an activating group) is 1. The number of hydrogen-bond donors (Lipinski definition) is 1. The van der Waals surface area contributed by atoms with Crippen LogP contribution in [0.1, 0.15) is 17.2 Å². The second kappa shape index (κ2) is 6.66. The maximum Gasteiger partial charge on any atom is 0.142 e. The van der Waals surface area contributed by atoms with E-state index in [-0.39, 0.29) is 16.9 Å². The fourth-order valence-electron chi connectivity index (χ4n) is 2.05. The van der Waals surface area contributed by atoms with Gasteiger partial charge in [-0.05, 0) is 54.9 Å². The Balaban J connectivity index is 2.28. The monoisotopic (exact) mass is 359 g/mol. The van der Waals surface area contributed by atoms with Crippen molar-refractivity contribution >= 4 is 27.5 Å². The summed E-state index contributed by atoms with van der Waals surface area (Å²) >= 11 is 9.08. The lowest BCUT2D eigenvalue weighted by Crippen LogP contribution is -2.19. The molecule has 1 N–H and O–H groups in total. The quantitative estimate of drug-likeness (QED) is 0.819. The van der Waals surface area contributed by atoms with Crippen molar-refractivity contribution in [2.24, 2.45) is 0 Å². The summed E-state index contributed by atoms with van der Waals surface area (Å²) in [5.41, 5.74) is 1.59. The third-order valence-corrected chi connectivity index (χ3v) is 4.13. The first kappa shape index (κ1) is 15.4. The molecule has 0 aliphatic rings. The van der Waals surface area contributed by atoms with Crippen LogP contribution < -0.4 is 5.32 Å². The molecular weight excluding hydrogens is 348 g/mol. The molecule has 106 valence electrons. The fraction of sp³-hybridized carbons (Fsp3) is 0.200. The Kier molecular flexibility index (Phi) is 5.13. The fourth-order valence-corrected chi connectivity index (χ4v) is 2.69. The van der Waals surface area contributed by atoms with E-state index >= 15 is 0 Å². The lowest BCUT2D eigenvalue weighted by molar-refractivity contribution is 0.570. The van der Waals surface area contributed by atoms with Crippen LogP contribution in [0, 0.1) is 11.6 Å². The highest BCUT2D eigenvalue weighted by Crippen LogP contribution is 2.27. The predicted octanol–water partition coefficient (Wildman–Crippen LogP) is 4.88. The van der Waals surface area contributed by atoms with Crippen LogP contribution in [0.15, 0.2) is 40.9 Å². The molecule has 0 heterocycles. The van der Waals surface area contributed by atoms with Gasteiger partial charge in [-0.15, -0.1) is 0 Å². The maximum atomic E-state index is 13.5. The Morgan fingerprint density at radius 3 is 2.60 bits per heavy atom. The minimum Gasteiger partial charge on any atom is -0.313 e. The molecule has 20 heavy (non-hydrogen) atoms. The molecule has 0 saturated carbocycles. The van der Waals surface area contributed by atoms with E-state index < -0.39 is 5.82 Å². The maximum absolute atomic E-state index is 13.5. The molecular formula is C15H13BrClF2N. The molecule has 0 spiro atoms. The van der Waals surface area contributed by atoms with Gasteiger partial charge in [0.15, 0.2) is 0 Å². The third kappa shape index (κ3) is 3.57. The van der Waals surface area contributed by atoms with Crippen LogP contribution in [0.5, 0.6) is 0 Å². The molecule has 0 aliphatic heterocycles. The van der Waals surface area contributed by atoms with Gasteiger partial charge >= 0.3 is 0 Å². The molecule has 0 radical (unpaired) electrons. The molecule has 2 rings (SSSR count). The van der Waals surface area contributed by atoms with Crippen LogP contribution in [0.4, 0.5) is 8.78 Å². The Morgan fingerprint density at radius 1 is 1.20 bits per heavy atom. The number of hydrogen-bond acceptors (Lipinski definition) is 1. The lowest BCUT2D eigenvalue weighted by Gasteiger charge is -2.18. The number of rotatable bonds is 4. The van der Waals surface area contributed by atoms with Crippen LogP contribution >= 0.6 is 27.5 Å². The van der Waals surface area contributed by atoms with Gasteiger partial charge in [0.1, 0.15) is 11.6 Å². The van der Waals surface area contributed by atoms with Crippen molar-refractivity contribution in [1.29, 1.82) is 0 Å². The predicted molar refractivity (Wildman–Crippen MR) is 81.0 cm³/mol. The highest BCUT2D eigenvalue weighted by molar-refractivity contribution is 9.10.